The number of hydrogen-bond donors (Lipinski definition) is 2. The van der Waals surface area contributed by atoms with Crippen LogP contribution in [0.2, 0.25) is 0 Å². The average Bonchev–Trinajstić information content (AvgIpc) is 2.66. The van der Waals surface area contributed by atoms with Crippen molar-refractivity contribution in [1.29, 1.82) is 0 Å². The minimum atomic E-state index is -3.46. The van der Waals surface area contributed by atoms with Crippen LogP contribution in [0.4, 0.5) is 0 Å². The Morgan fingerprint density at radius 3 is 2.78 bits per heavy atom. The van der Waals surface area contributed by atoms with Gasteiger partial charge in [-0.1, -0.05) is 48.5 Å². The van der Waals surface area contributed by atoms with Crippen LogP contribution >= 0.6 is 12.4 Å². The zero-order chi connectivity index (χ0) is 18.0. The molecule has 4 rings (SSSR count). The molecule has 0 spiro atoms. The number of halogens is 1. The van der Waals surface area contributed by atoms with Crippen LogP contribution in [0.15, 0.2) is 60.8 Å². The van der Waals surface area contributed by atoms with Gasteiger partial charge in [0.15, 0.2) is 0 Å². The van der Waals surface area contributed by atoms with E-state index in [0.29, 0.717) is 12.1 Å². The van der Waals surface area contributed by atoms with E-state index in [2.05, 4.69) is 27.2 Å². The van der Waals surface area contributed by atoms with Crippen LogP contribution in [-0.2, 0) is 22.2 Å². The van der Waals surface area contributed by atoms with Crippen molar-refractivity contribution in [2.24, 2.45) is 0 Å². The van der Waals surface area contributed by atoms with Crippen molar-refractivity contribution >= 4 is 33.3 Å². The SMILES string of the molecule is Cl.O=S(=O)(Cc1cccc2cccnc12)NCC1NCCc2ccccc21. The lowest BCUT2D eigenvalue weighted by Gasteiger charge is -2.27. The first-order valence-corrected chi connectivity index (χ1v) is 10.4. The molecule has 0 radical (unpaired) electrons. The van der Waals surface area contributed by atoms with Gasteiger partial charge in [-0.3, -0.25) is 4.98 Å². The minimum absolute atomic E-state index is 0. The van der Waals surface area contributed by atoms with E-state index in [-0.39, 0.29) is 24.2 Å². The van der Waals surface area contributed by atoms with Gasteiger partial charge >= 0.3 is 0 Å². The maximum Gasteiger partial charge on any atom is 0.215 e. The summed E-state index contributed by atoms with van der Waals surface area (Å²) in [4.78, 5) is 4.34. The predicted molar refractivity (Wildman–Crippen MR) is 111 cm³/mol. The number of fused-ring (bicyclic) bond motifs is 2. The van der Waals surface area contributed by atoms with Gasteiger partial charge in [-0.25, -0.2) is 13.1 Å². The molecule has 0 bridgehead atoms. The summed E-state index contributed by atoms with van der Waals surface area (Å²) >= 11 is 0. The van der Waals surface area contributed by atoms with Gasteiger partial charge in [0, 0.05) is 24.2 Å². The Morgan fingerprint density at radius 1 is 1.07 bits per heavy atom. The van der Waals surface area contributed by atoms with Crippen LogP contribution in [0.25, 0.3) is 10.9 Å². The van der Waals surface area contributed by atoms with Gasteiger partial charge in [0.25, 0.3) is 0 Å². The Kier molecular flexibility index (Phi) is 6.11. The molecule has 27 heavy (non-hydrogen) atoms. The summed E-state index contributed by atoms with van der Waals surface area (Å²) in [5, 5.41) is 4.35. The molecule has 0 amide bonds. The molecule has 142 valence electrons. The summed E-state index contributed by atoms with van der Waals surface area (Å²) in [5.74, 6) is -0.0737. The standard InChI is InChI=1S/C20H21N3O2S.ClH/c24-26(25,14-17-7-3-6-16-8-4-11-22-20(16)17)23-13-19-18-9-2-1-5-15(18)10-12-21-19;/h1-9,11,19,21,23H,10,12-14H2;1H. The van der Waals surface area contributed by atoms with Crippen molar-refractivity contribution in [2.75, 3.05) is 13.1 Å². The quantitative estimate of drug-likeness (QED) is 0.687. The van der Waals surface area contributed by atoms with E-state index in [0.717, 1.165) is 23.9 Å². The molecule has 1 aliphatic heterocycles. The van der Waals surface area contributed by atoms with Gasteiger partial charge < -0.3 is 5.32 Å². The molecule has 3 aromatic rings. The number of pyridine rings is 1. The number of nitrogens with one attached hydrogen (secondary N) is 2. The number of aromatic nitrogens is 1. The molecule has 2 heterocycles. The van der Waals surface area contributed by atoms with Crippen LogP contribution in [0.5, 0.6) is 0 Å². The topological polar surface area (TPSA) is 71.1 Å². The Bertz CT molecular complexity index is 1030. The monoisotopic (exact) mass is 403 g/mol. The first-order chi connectivity index (χ1) is 12.6. The van der Waals surface area contributed by atoms with Crippen LogP contribution in [-0.4, -0.2) is 26.5 Å². The highest BCUT2D eigenvalue weighted by Gasteiger charge is 2.22. The lowest BCUT2D eigenvalue weighted by Crippen LogP contribution is -2.39. The number of benzene rings is 2. The summed E-state index contributed by atoms with van der Waals surface area (Å²) < 4.78 is 28.0. The molecule has 0 saturated carbocycles. The van der Waals surface area contributed by atoms with E-state index >= 15 is 0 Å². The number of nitrogens with zero attached hydrogens (tertiary/aromatic N) is 1. The van der Waals surface area contributed by atoms with Gasteiger partial charge in [-0.2, -0.15) is 0 Å². The van der Waals surface area contributed by atoms with Crippen molar-refractivity contribution in [2.45, 2.75) is 18.2 Å². The normalized spacial score (nSPS) is 16.5. The van der Waals surface area contributed by atoms with Crippen LogP contribution in [0.3, 0.4) is 0 Å². The number of sulfonamides is 1. The van der Waals surface area contributed by atoms with E-state index in [1.165, 1.54) is 11.1 Å². The largest absolute Gasteiger partial charge is 0.308 e. The summed E-state index contributed by atoms with van der Waals surface area (Å²) in [6.45, 7) is 1.20. The third-order valence-corrected chi connectivity index (χ3v) is 6.08. The zero-order valence-corrected chi connectivity index (χ0v) is 16.4. The van der Waals surface area contributed by atoms with Gasteiger partial charge in [0.2, 0.25) is 10.0 Å². The third kappa shape index (κ3) is 4.47. The molecular weight excluding hydrogens is 382 g/mol. The highest BCUT2D eigenvalue weighted by molar-refractivity contribution is 7.88. The molecule has 1 atom stereocenters. The third-order valence-electron chi connectivity index (χ3n) is 4.78. The van der Waals surface area contributed by atoms with Crippen LogP contribution < -0.4 is 10.0 Å². The highest BCUT2D eigenvalue weighted by Crippen LogP contribution is 2.22. The molecule has 5 nitrogen and oxygen atoms in total. The molecule has 2 aromatic carbocycles. The first kappa shape index (κ1) is 19.8. The van der Waals surface area contributed by atoms with E-state index in [4.69, 9.17) is 0 Å². The highest BCUT2D eigenvalue weighted by atomic mass is 35.5. The lowest BCUT2D eigenvalue weighted by molar-refractivity contribution is 0.491. The second-order valence-corrected chi connectivity index (χ2v) is 8.36. The second-order valence-electron chi connectivity index (χ2n) is 6.56. The van der Waals surface area contributed by atoms with E-state index in [1.54, 1.807) is 6.20 Å². The molecule has 1 aliphatic rings. The van der Waals surface area contributed by atoms with Crippen molar-refractivity contribution in [1.82, 2.24) is 15.0 Å². The summed E-state index contributed by atoms with van der Waals surface area (Å²) in [7, 11) is -3.46. The van der Waals surface area contributed by atoms with Crippen molar-refractivity contribution in [3.05, 3.63) is 77.5 Å². The van der Waals surface area contributed by atoms with Gasteiger partial charge in [0.1, 0.15) is 0 Å². The zero-order valence-electron chi connectivity index (χ0n) is 14.8. The van der Waals surface area contributed by atoms with E-state index in [1.807, 2.05) is 42.5 Å². The van der Waals surface area contributed by atoms with Gasteiger partial charge in [-0.05, 0) is 35.7 Å². The predicted octanol–water partition coefficient (Wildman–Crippen LogP) is 2.96. The fraction of sp³-hybridized carbons (Fsp3) is 0.250. The lowest BCUT2D eigenvalue weighted by atomic mass is 9.95. The van der Waals surface area contributed by atoms with Gasteiger partial charge in [0.05, 0.1) is 11.3 Å². The first-order valence-electron chi connectivity index (χ1n) is 8.73. The van der Waals surface area contributed by atoms with Crippen molar-refractivity contribution < 1.29 is 8.42 Å². The van der Waals surface area contributed by atoms with E-state index in [9.17, 15) is 8.42 Å². The number of para-hydroxylation sites is 1. The Hall–Kier alpha value is -1.99. The average molecular weight is 404 g/mol. The van der Waals surface area contributed by atoms with Crippen molar-refractivity contribution in [3.63, 3.8) is 0 Å². The molecule has 1 aromatic heterocycles. The van der Waals surface area contributed by atoms with Crippen molar-refractivity contribution in [3.8, 4) is 0 Å². The minimum Gasteiger partial charge on any atom is -0.308 e. The number of rotatable bonds is 5. The molecule has 0 aliphatic carbocycles. The second kappa shape index (κ2) is 8.35. The molecule has 7 heteroatoms. The number of hydrogen-bond acceptors (Lipinski definition) is 4. The summed E-state index contributed by atoms with van der Waals surface area (Å²) in [6.07, 6.45) is 2.66. The smallest absolute Gasteiger partial charge is 0.215 e. The van der Waals surface area contributed by atoms with E-state index < -0.39 is 10.0 Å². The van der Waals surface area contributed by atoms with Crippen LogP contribution in [0, 0.1) is 0 Å². The fourth-order valence-electron chi connectivity index (χ4n) is 3.52. The fourth-order valence-corrected chi connectivity index (χ4v) is 4.69. The molecule has 0 saturated heterocycles. The molecular formula is C20H22ClN3O2S. The maximum absolute atomic E-state index is 12.6. The Labute approximate surface area is 165 Å². The van der Waals surface area contributed by atoms with Crippen LogP contribution in [0.1, 0.15) is 22.7 Å². The molecule has 0 fully saturated rings. The molecule has 1 unspecified atom stereocenters. The van der Waals surface area contributed by atoms with Gasteiger partial charge in [-0.15, -0.1) is 12.4 Å². The molecule has 2 N–H and O–H groups in total. The summed E-state index contributed by atoms with van der Waals surface area (Å²) in [5.41, 5.74) is 3.91. The maximum atomic E-state index is 12.6. The summed E-state index contributed by atoms with van der Waals surface area (Å²) in [6, 6.07) is 17.6. The Balaban J connectivity index is 0.00000210. The Morgan fingerprint density at radius 2 is 1.89 bits per heavy atom.